The summed E-state index contributed by atoms with van der Waals surface area (Å²) in [6.45, 7) is 0. The number of hydrogen-bond donors (Lipinski definition) is 0. The monoisotopic (exact) mass is 325 g/mol. The molecule has 0 atom stereocenters. The second kappa shape index (κ2) is 5.54. The molecule has 1 heterocycles. The highest BCUT2D eigenvalue weighted by Gasteiger charge is 2.19. The summed E-state index contributed by atoms with van der Waals surface area (Å²) in [6, 6.07) is 9.32. The summed E-state index contributed by atoms with van der Waals surface area (Å²) in [7, 11) is 3.34. The fraction of sp³-hybridized carbons (Fsp3) is 0.154. The van der Waals surface area contributed by atoms with Gasteiger partial charge in [-0.25, -0.2) is 0 Å². The minimum atomic E-state index is -0.0543. The van der Waals surface area contributed by atoms with E-state index in [2.05, 4.69) is 15.9 Å². The van der Waals surface area contributed by atoms with Gasteiger partial charge in [0.05, 0.1) is 12.8 Å². The first kappa shape index (κ1) is 13.1. The van der Waals surface area contributed by atoms with Gasteiger partial charge in [-0.3, -0.25) is 4.79 Å². The van der Waals surface area contributed by atoms with Crippen molar-refractivity contribution < 1.29 is 9.53 Å². The van der Waals surface area contributed by atoms with Crippen molar-refractivity contribution in [3.63, 3.8) is 0 Å². The van der Waals surface area contributed by atoms with Gasteiger partial charge in [-0.05, 0) is 39.5 Å². The Kier molecular flexibility index (Phi) is 4.04. The summed E-state index contributed by atoms with van der Waals surface area (Å²) >= 11 is 4.79. The molecule has 0 radical (unpaired) electrons. The first-order chi connectivity index (χ1) is 8.65. The number of carbonyl (C=O) groups is 1. The summed E-state index contributed by atoms with van der Waals surface area (Å²) in [5, 5.41) is 1.88. The van der Waals surface area contributed by atoms with E-state index in [-0.39, 0.29) is 5.91 Å². The highest BCUT2D eigenvalue weighted by atomic mass is 79.9. The molecule has 0 unspecified atom stereocenters. The molecule has 18 heavy (non-hydrogen) atoms. The van der Waals surface area contributed by atoms with Crippen LogP contribution in [0.4, 0.5) is 5.69 Å². The van der Waals surface area contributed by atoms with E-state index in [1.165, 1.54) is 11.3 Å². The van der Waals surface area contributed by atoms with Crippen LogP contribution in [0.3, 0.4) is 0 Å². The SMILES string of the molecule is COc1ccccc1N(C)C(=O)c1sccc1Br. The molecule has 0 aliphatic rings. The molecular weight excluding hydrogens is 314 g/mol. The largest absolute Gasteiger partial charge is 0.495 e. The molecule has 1 aromatic heterocycles. The number of anilines is 1. The van der Waals surface area contributed by atoms with Crippen molar-refractivity contribution in [2.75, 3.05) is 19.1 Å². The third kappa shape index (κ3) is 2.42. The Hall–Kier alpha value is -1.33. The van der Waals surface area contributed by atoms with Crippen molar-refractivity contribution in [2.24, 2.45) is 0 Å². The molecule has 0 aliphatic carbocycles. The zero-order valence-electron chi connectivity index (χ0n) is 10.0. The van der Waals surface area contributed by atoms with Crippen LogP contribution in [0.15, 0.2) is 40.2 Å². The van der Waals surface area contributed by atoms with Crippen molar-refractivity contribution in [3.05, 3.63) is 45.1 Å². The molecule has 2 aromatic rings. The van der Waals surface area contributed by atoms with Crippen molar-refractivity contribution in [2.45, 2.75) is 0 Å². The number of thiophene rings is 1. The maximum Gasteiger partial charge on any atom is 0.269 e. The molecule has 0 aliphatic heterocycles. The van der Waals surface area contributed by atoms with E-state index in [4.69, 9.17) is 4.74 Å². The maximum absolute atomic E-state index is 12.3. The topological polar surface area (TPSA) is 29.5 Å². The van der Waals surface area contributed by atoms with E-state index in [9.17, 15) is 4.79 Å². The molecule has 0 saturated heterocycles. The summed E-state index contributed by atoms with van der Waals surface area (Å²) in [4.78, 5) is 14.6. The standard InChI is InChI=1S/C13H12BrNO2S/c1-15(10-5-3-4-6-11(10)17-2)13(16)12-9(14)7-8-18-12/h3-8H,1-2H3. The number of halogens is 1. The molecule has 0 N–H and O–H groups in total. The Bertz CT molecular complexity index is 568. The molecule has 0 fully saturated rings. The first-order valence-electron chi connectivity index (χ1n) is 5.29. The van der Waals surface area contributed by atoms with E-state index in [0.29, 0.717) is 10.6 Å². The number of hydrogen-bond acceptors (Lipinski definition) is 3. The molecular formula is C13H12BrNO2S. The lowest BCUT2D eigenvalue weighted by Gasteiger charge is -2.19. The van der Waals surface area contributed by atoms with Gasteiger partial charge >= 0.3 is 0 Å². The van der Waals surface area contributed by atoms with Crippen LogP contribution in [0.5, 0.6) is 5.75 Å². The van der Waals surface area contributed by atoms with E-state index < -0.39 is 0 Å². The second-order valence-electron chi connectivity index (χ2n) is 3.63. The third-order valence-corrected chi connectivity index (χ3v) is 4.39. The van der Waals surface area contributed by atoms with Gasteiger partial charge in [-0.1, -0.05) is 12.1 Å². The lowest BCUT2D eigenvalue weighted by Crippen LogP contribution is -2.26. The highest BCUT2D eigenvalue weighted by Crippen LogP contribution is 2.30. The van der Waals surface area contributed by atoms with Gasteiger partial charge in [0, 0.05) is 11.5 Å². The lowest BCUT2D eigenvalue weighted by atomic mass is 10.2. The van der Waals surface area contributed by atoms with E-state index in [1.807, 2.05) is 35.7 Å². The molecule has 0 saturated carbocycles. The number of rotatable bonds is 3. The Labute approximate surface area is 118 Å². The average molecular weight is 326 g/mol. The van der Waals surface area contributed by atoms with E-state index in [1.54, 1.807) is 19.1 Å². The van der Waals surface area contributed by atoms with Gasteiger partial charge in [0.1, 0.15) is 10.6 Å². The number of nitrogens with zero attached hydrogens (tertiary/aromatic N) is 1. The Morgan fingerprint density at radius 3 is 2.67 bits per heavy atom. The van der Waals surface area contributed by atoms with Crippen LogP contribution in [-0.2, 0) is 0 Å². The lowest BCUT2D eigenvalue weighted by molar-refractivity contribution is 0.0995. The van der Waals surface area contributed by atoms with Gasteiger partial charge in [0.25, 0.3) is 5.91 Å². The van der Waals surface area contributed by atoms with Crippen molar-refractivity contribution in [3.8, 4) is 5.75 Å². The molecule has 1 amide bonds. The quantitative estimate of drug-likeness (QED) is 0.859. The normalized spacial score (nSPS) is 10.2. The zero-order valence-corrected chi connectivity index (χ0v) is 12.4. The zero-order chi connectivity index (χ0) is 13.1. The molecule has 0 spiro atoms. The minimum absolute atomic E-state index is 0.0543. The van der Waals surface area contributed by atoms with Gasteiger partial charge < -0.3 is 9.64 Å². The van der Waals surface area contributed by atoms with Crippen LogP contribution in [0.1, 0.15) is 9.67 Å². The molecule has 94 valence electrons. The van der Waals surface area contributed by atoms with E-state index in [0.717, 1.165) is 10.2 Å². The summed E-state index contributed by atoms with van der Waals surface area (Å²) in [5.74, 6) is 0.627. The van der Waals surface area contributed by atoms with Crippen molar-refractivity contribution in [1.29, 1.82) is 0 Å². The van der Waals surface area contributed by atoms with Gasteiger partial charge in [0.15, 0.2) is 0 Å². The van der Waals surface area contributed by atoms with Crippen LogP contribution in [0.25, 0.3) is 0 Å². The van der Waals surface area contributed by atoms with Crippen LogP contribution in [0.2, 0.25) is 0 Å². The number of benzene rings is 1. The van der Waals surface area contributed by atoms with E-state index >= 15 is 0 Å². The number of methoxy groups -OCH3 is 1. The molecule has 1 aromatic carbocycles. The fourth-order valence-electron chi connectivity index (χ4n) is 1.61. The minimum Gasteiger partial charge on any atom is -0.495 e. The van der Waals surface area contributed by atoms with Crippen LogP contribution >= 0.6 is 27.3 Å². The third-order valence-electron chi connectivity index (χ3n) is 2.56. The highest BCUT2D eigenvalue weighted by molar-refractivity contribution is 9.10. The summed E-state index contributed by atoms with van der Waals surface area (Å²) in [6.07, 6.45) is 0. The maximum atomic E-state index is 12.3. The number of para-hydroxylation sites is 2. The average Bonchev–Trinajstić information content (AvgIpc) is 2.83. The van der Waals surface area contributed by atoms with Crippen molar-refractivity contribution >= 4 is 38.9 Å². The number of amides is 1. The first-order valence-corrected chi connectivity index (χ1v) is 6.96. The molecule has 5 heteroatoms. The molecule has 2 rings (SSSR count). The predicted octanol–water partition coefficient (Wildman–Crippen LogP) is 3.80. The summed E-state index contributed by atoms with van der Waals surface area (Å²) < 4.78 is 6.08. The van der Waals surface area contributed by atoms with Gasteiger partial charge in [0.2, 0.25) is 0 Å². The molecule has 0 bridgehead atoms. The van der Waals surface area contributed by atoms with Crippen LogP contribution in [-0.4, -0.2) is 20.1 Å². The second-order valence-corrected chi connectivity index (χ2v) is 5.40. The van der Waals surface area contributed by atoms with Gasteiger partial charge in [-0.15, -0.1) is 11.3 Å². The predicted molar refractivity (Wildman–Crippen MR) is 77.7 cm³/mol. The number of carbonyl (C=O) groups excluding carboxylic acids is 1. The van der Waals surface area contributed by atoms with Gasteiger partial charge in [-0.2, -0.15) is 0 Å². The smallest absolute Gasteiger partial charge is 0.269 e. The van der Waals surface area contributed by atoms with Crippen LogP contribution in [0, 0.1) is 0 Å². The number of ether oxygens (including phenoxy) is 1. The Morgan fingerprint density at radius 1 is 1.33 bits per heavy atom. The Balaban J connectivity index is 2.34. The van der Waals surface area contributed by atoms with Crippen molar-refractivity contribution in [1.82, 2.24) is 0 Å². The van der Waals surface area contributed by atoms with Crippen LogP contribution < -0.4 is 9.64 Å². The fourth-order valence-corrected chi connectivity index (χ4v) is 3.13. The Morgan fingerprint density at radius 2 is 2.06 bits per heavy atom. The molecule has 3 nitrogen and oxygen atoms in total. The summed E-state index contributed by atoms with van der Waals surface area (Å²) in [5.41, 5.74) is 0.755.